The maximum Gasteiger partial charge on any atom is 0.163 e. The first-order valence-electron chi connectivity index (χ1n) is 21.3. The minimum absolute atomic E-state index is 0.0735. The molecule has 0 spiro atoms. The molecule has 0 saturated carbocycles. The molecule has 0 radical (unpaired) electrons. The van der Waals surface area contributed by atoms with Gasteiger partial charge in [0.25, 0.3) is 0 Å². The fraction of sp³-hybridized carbons (Fsp3) is 0.471. The standard InChI is InChI=1S/C51H67ClFNO/c1-8-11-12-13-14-15-16-17-18-19-20-24-38(6)29-30-42-25-21-22-27-45(42)50(55)32-31-48(37(4)5)54-36-41(10-3)39(7)46-34-44(40(9-2)35-49(46)54)33-43-26-23-28-47(52)51(43)53/h10,21-23,25-28,34-37,48H,3,6-9,11-20,24,29-33H2,1-2,4-5H3. The molecule has 4 rings (SSSR count). The summed E-state index contributed by atoms with van der Waals surface area (Å²) >= 11 is 6.15. The van der Waals surface area contributed by atoms with Crippen LogP contribution in [0.25, 0.3) is 5.57 Å². The van der Waals surface area contributed by atoms with Gasteiger partial charge in [0, 0.05) is 41.9 Å². The molecule has 1 heterocycles. The van der Waals surface area contributed by atoms with Crippen LogP contribution in [0, 0.1) is 11.7 Å². The number of fused-ring (bicyclic) bond motifs is 1. The molecule has 4 heteroatoms. The average molecular weight is 765 g/mol. The molecule has 0 aromatic heterocycles. The summed E-state index contributed by atoms with van der Waals surface area (Å²) in [6.45, 7) is 21.8. The molecule has 1 aliphatic heterocycles. The Hall–Kier alpha value is -3.69. The quantitative estimate of drug-likeness (QED) is 0.0487. The van der Waals surface area contributed by atoms with Crippen LogP contribution in [0.4, 0.5) is 10.1 Å². The van der Waals surface area contributed by atoms with Crippen LogP contribution < -0.4 is 4.90 Å². The number of anilines is 1. The van der Waals surface area contributed by atoms with Gasteiger partial charge in [-0.3, -0.25) is 4.79 Å². The van der Waals surface area contributed by atoms with E-state index in [-0.39, 0.29) is 28.6 Å². The van der Waals surface area contributed by atoms with Crippen molar-refractivity contribution in [3.05, 3.63) is 142 Å². The van der Waals surface area contributed by atoms with Gasteiger partial charge in [-0.25, -0.2) is 4.39 Å². The van der Waals surface area contributed by atoms with Gasteiger partial charge >= 0.3 is 0 Å². The van der Waals surface area contributed by atoms with Crippen LogP contribution >= 0.6 is 11.6 Å². The molecule has 0 aliphatic carbocycles. The molecule has 2 nitrogen and oxygen atoms in total. The van der Waals surface area contributed by atoms with E-state index in [1.165, 1.54) is 76.2 Å². The second-order valence-corrected chi connectivity index (χ2v) is 16.4. The number of nitrogens with zero attached hydrogens (tertiary/aromatic N) is 1. The molecule has 296 valence electrons. The number of hydrogen-bond acceptors (Lipinski definition) is 2. The van der Waals surface area contributed by atoms with E-state index in [0.717, 1.165) is 70.3 Å². The molecule has 0 fully saturated rings. The van der Waals surface area contributed by atoms with Crippen molar-refractivity contribution in [2.75, 3.05) is 4.90 Å². The van der Waals surface area contributed by atoms with E-state index in [4.69, 9.17) is 11.6 Å². The number of Topliss-reactive ketones (excluding diaryl/α,β-unsaturated/α-hetero) is 1. The summed E-state index contributed by atoms with van der Waals surface area (Å²) < 4.78 is 15.0. The fourth-order valence-corrected chi connectivity index (χ4v) is 8.31. The monoisotopic (exact) mass is 763 g/mol. The first-order valence-corrected chi connectivity index (χ1v) is 21.7. The van der Waals surface area contributed by atoms with E-state index in [2.05, 4.69) is 82.8 Å². The Morgan fingerprint density at radius 1 is 0.818 bits per heavy atom. The summed E-state index contributed by atoms with van der Waals surface area (Å²) in [6, 6.07) is 17.8. The van der Waals surface area contributed by atoms with Gasteiger partial charge in [-0.15, -0.1) is 0 Å². The van der Waals surface area contributed by atoms with Gasteiger partial charge in [0.05, 0.1) is 5.02 Å². The highest BCUT2D eigenvalue weighted by atomic mass is 35.5. The van der Waals surface area contributed by atoms with Gasteiger partial charge in [-0.05, 0) is 96.0 Å². The molecule has 55 heavy (non-hydrogen) atoms. The zero-order chi connectivity index (χ0) is 39.7. The minimum Gasteiger partial charge on any atom is -0.344 e. The number of carbonyl (C=O) groups is 1. The third-order valence-corrected chi connectivity index (χ3v) is 11.8. The number of halogens is 2. The highest BCUT2D eigenvalue weighted by molar-refractivity contribution is 6.30. The Balaban J connectivity index is 1.39. The maximum atomic E-state index is 15.0. The van der Waals surface area contributed by atoms with Crippen molar-refractivity contribution in [2.45, 2.75) is 149 Å². The van der Waals surface area contributed by atoms with E-state index in [9.17, 15) is 4.79 Å². The summed E-state index contributed by atoms with van der Waals surface area (Å²) in [6.07, 6.45) is 24.1. The Labute approximate surface area is 338 Å². The smallest absolute Gasteiger partial charge is 0.163 e. The number of ketones is 1. The summed E-state index contributed by atoms with van der Waals surface area (Å²) in [4.78, 5) is 16.3. The molecule has 1 atom stereocenters. The number of allylic oxidation sites excluding steroid dienone is 4. The molecule has 0 N–H and O–H groups in total. The molecule has 3 aromatic carbocycles. The van der Waals surface area contributed by atoms with Gasteiger partial charge in [0.15, 0.2) is 5.78 Å². The van der Waals surface area contributed by atoms with Crippen LogP contribution in [0.15, 0.2) is 97.8 Å². The van der Waals surface area contributed by atoms with Crippen molar-refractivity contribution in [1.82, 2.24) is 0 Å². The van der Waals surface area contributed by atoms with Crippen molar-refractivity contribution in [2.24, 2.45) is 5.92 Å². The number of unbranched alkanes of at least 4 members (excludes halogenated alkanes) is 10. The van der Waals surface area contributed by atoms with Crippen molar-refractivity contribution < 1.29 is 9.18 Å². The lowest BCUT2D eigenvalue weighted by Gasteiger charge is -2.39. The highest BCUT2D eigenvalue weighted by Gasteiger charge is 2.29. The Bertz CT molecular complexity index is 1780. The highest BCUT2D eigenvalue weighted by Crippen LogP contribution is 2.42. The molecule has 0 saturated heterocycles. The van der Waals surface area contributed by atoms with E-state index < -0.39 is 0 Å². The third-order valence-electron chi connectivity index (χ3n) is 11.6. The minimum atomic E-state index is -0.369. The normalized spacial score (nSPS) is 13.2. The summed E-state index contributed by atoms with van der Waals surface area (Å²) in [5, 5.41) is 0.137. The van der Waals surface area contributed by atoms with Crippen LogP contribution in [0.3, 0.4) is 0 Å². The van der Waals surface area contributed by atoms with Crippen LogP contribution in [-0.2, 0) is 19.3 Å². The zero-order valence-electron chi connectivity index (χ0n) is 34.5. The number of aryl methyl sites for hydroxylation is 2. The number of rotatable bonds is 25. The largest absolute Gasteiger partial charge is 0.344 e. The van der Waals surface area contributed by atoms with Crippen LogP contribution in [0.2, 0.25) is 5.02 Å². The lowest BCUT2D eigenvalue weighted by atomic mass is 9.85. The molecule has 1 unspecified atom stereocenters. The van der Waals surface area contributed by atoms with E-state index in [1.54, 1.807) is 18.2 Å². The lowest BCUT2D eigenvalue weighted by Crippen LogP contribution is -2.38. The predicted octanol–water partition coefficient (Wildman–Crippen LogP) is 15.4. The number of carbonyl (C=O) groups excluding carboxylic acids is 1. The van der Waals surface area contributed by atoms with Crippen molar-refractivity contribution in [3.63, 3.8) is 0 Å². The molecular formula is C51H67ClFNO. The summed E-state index contributed by atoms with van der Waals surface area (Å²) in [5.41, 5.74) is 9.99. The van der Waals surface area contributed by atoms with E-state index in [1.807, 2.05) is 18.2 Å². The van der Waals surface area contributed by atoms with Crippen LogP contribution in [0.1, 0.15) is 162 Å². The Kier molecular flexibility index (Phi) is 18.2. The van der Waals surface area contributed by atoms with E-state index in [0.29, 0.717) is 24.8 Å². The van der Waals surface area contributed by atoms with Gasteiger partial charge in [-0.2, -0.15) is 0 Å². The Morgan fingerprint density at radius 2 is 1.47 bits per heavy atom. The van der Waals surface area contributed by atoms with Crippen molar-refractivity contribution >= 4 is 28.6 Å². The summed E-state index contributed by atoms with van der Waals surface area (Å²) in [5.74, 6) is 0.0976. The van der Waals surface area contributed by atoms with Crippen molar-refractivity contribution in [1.29, 1.82) is 0 Å². The van der Waals surface area contributed by atoms with Crippen molar-refractivity contribution in [3.8, 4) is 0 Å². The van der Waals surface area contributed by atoms with Gasteiger partial charge in [0.1, 0.15) is 5.82 Å². The lowest BCUT2D eigenvalue weighted by molar-refractivity contribution is 0.0974. The molecule has 0 bridgehead atoms. The number of hydrogen-bond donors (Lipinski definition) is 0. The summed E-state index contributed by atoms with van der Waals surface area (Å²) in [7, 11) is 0. The molecule has 1 aliphatic rings. The topological polar surface area (TPSA) is 20.3 Å². The third kappa shape index (κ3) is 12.7. The first-order chi connectivity index (χ1) is 26.6. The second kappa shape index (κ2) is 22.8. The van der Waals surface area contributed by atoms with Crippen LogP contribution in [0.5, 0.6) is 0 Å². The maximum absolute atomic E-state index is 15.0. The van der Waals surface area contributed by atoms with Gasteiger partial charge < -0.3 is 4.90 Å². The fourth-order valence-electron chi connectivity index (χ4n) is 8.11. The van der Waals surface area contributed by atoms with Crippen LogP contribution in [-0.4, -0.2) is 11.8 Å². The Morgan fingerprint density at radius 3 is 2.13 bits per heavy atom. The molecular weight excluding hydrogens is 697 g/mol. The second-order valence-electron chi connectivity index (χ2n) is 16.0. The average Bonchev–Trinajstić information content (AvgIpc) is 3.18. The van der Waals surface area contributed by atoms with Gasteiger partial charge in [0.2, 0.25) is 0 Å². The predicted molar refractivity (Wildman–Crippen MR) is 237 cm³/mol. The van der Waals surface area contributed by atoms with Gasteiger partial charge in [-0.1, -0.05) is 171 Å². The van der Waals surface area contributed by atoms with E-state index >= 15 is 4.39 Å². The molecule has 0 amide bonds. The zero-order valence-corrected chi connectivity index (χ0v) is 35.2. The first kappa shape index (κ1) is 44.0. The SMILES string of the molecule is C=CC1=CN(C(CCC(=O)c2ccccc2CCC(=C)CCCCCCCCCCCCC)C(C)C)c2cc(CC)c(Cc3cccc(Cl)c3F)cc2C1=C. The molecule has 3 aromatic rings. The number of benzene rings is 3.